The van der Waals surface area contributed by atoms with E-state index in [4.69, 9.17) is 19.4 Å². The zero-order valence-electron chi connectivity index (χ0n) is 34.5. The molecule has 0 saturated heterocycles. The van der Waals surface area contributed by atoms with Crippen LogP contribution >= 0.6 is 0 Å². The number of allylic oxidation sites excluding steroid dienone is 1. The van der Waals surface area contributed by atoms with Crippen LogP contribution in [-0.2, 0) is 0 Å². The summed E-state index contributed by atoms with van der Waals surface area (Å²) in [5, 5.41) is 9.94. The number of hydrogen-bond acceptors (Lipinski definition) is 4. The minimum atomic E-state index is 0.530. The van der Waals surface area contributed by atoms with Gasteiger partial charge in [-0.3, -0.25) is 0 Å². The predicted molar refractivity (Wildman–Crippen MR) is 263 cm³/mol. The molecule has 5 nitrogen and oxygen atoms in total. The van der Waals surface area contributed by atoms with Gasteiger partial charge >= 0.3 is 0 Å². The fourth-order valence-electron chi connectivity index (χ4n) is 9.41. The van der Waals surface area contributed by atoms with Gasteiger partial charge in [-0.1, -0.05) is 170 Å². The molecule has 0 aliphatic rings. The van der Waals surface area contributed by atoms with Crippen molar-refractivity contribution in [3.05, 3.63) is 206 Å². The number of hydrogen-bond donors (Lipinski definition) is 0. The van der Waals surface area contributed by atoms with E-state index in [1.807, 2.05) is 12.1 Å². The van der Waals surface area contributed by atoms with Gasteiger partial charge in [0.1, 0.15) is 11.3 Å². The highest BCUT2D eigenvalue weighted by molar-refractivity contribution is 6.21. The summed E-state index contributed by atoms with van der Waals surface area (Å²) in [6.07, 6.45) is 6.22. The topological polar surface area (TPSA) is 56.7 Å². The van der Waals surface area contributed by atoms with E-state index in [0.717, 1.165) is 110 Å². The molecule has 0 aliphatic carbocycles. The molecule has 0 fully saturated rings. The average molecular weight is 807 g/mol. The smallest absolute Gasteiger partial charge is 0.166 e. The molecule has 5 heteroatoms. The molecule has 12 rings (SSSR count). The second kappa shape index (κ2) is 14.6. The molecule has 0 radical (unpaired) electrons. The molecule has 0 unspecified atom stereocenters. The third-order valence-corrected chi connectivity index (χ3v) is 12.3. The molecule has 9 aromatic carbocycles. The Morgan fingerprint density at radius 1 is 0.492 bits per heavy atom. The highest BCUT2D eigenvalue weighted by Gasteiger charge is 2.26. The van der Waals surface area contributed by atoms with Crippen molar-refractivity contribution in [1.29, 1.82) is 0 Å². The lowest BCUT2D eigenvalue weighted by Gasteiger charge is -2.16. The normalized spacial score (nSPS) is 11.9. The molecule has 296 valence electrons. The summed E-state index contributed by atoms with van der Waals surface area (Å²) in [5.41, 5.74) is 10.3. The van der Waals surface area contributed by atoms with Gasteiger partial charge in [0.25, 0.3) is 0 Å². The number of aromatic nitrogens is 4. The van der Waals surface area contributed by atoms with Crippen molar-refractivity contribution >= 4 is 77.3 Å². The van der Waals surface area contributed by atoms with Crippen LogP contribution in [-0.4, -0.2) is 19.5 Å². The zero-order valence-corrected chi connectivity index (χ0v) is 34.5. The molecule has 0 atom stereocenters. The van der Waals surface area contributed by atoms with E-state index >= 15 is 0 Å². The van der Waals surface area contributed by atoms with Crippen molar-refractivity contribution in [1.82, 2.24) is 19.5 Å². The van der Waals surface area contributed by atoms with E-state index in [0.29, 0.717) is 17.5 Å². The molecule has 12 aromatic rings. The molecule has 3 aromatic heterocycles. The molecular formula is C58H38N4O. The number of furan rings is 1. The Hall–Kier alpha value is -8.41. The molecule has 3 heterocycles. The molecule has 63 heavy (non-hydrogen) atoms. The lowest BCUT2D eigenvalue weighted by molar-refractivity contribution is 0.666. The van der Waals surface area contributed by atoms with Gasteiger partial charge in [-0.15, -0.1) is 0 Å². The van der Waals surface area contributed by atoms with Crippen molar-refractivity contribution in [2.24, 2.45) is 0 Å². The van der Waals surface area contributed by atoms with E-state index < -0.39 is 0 Å². The monoisotopic (exact) mass is 806 g/mol. The largest absolute Gasteiger partial charge is 0.454 e. The Morgan fingerprint density at radius 3 is 1.87 bits per heavy atom. The quantitative estimate of drug-likeness (QED) is 0.161. The molecule has 0 N–H and O–H groups in total. The van der Waals surface area contributed by atoms with E-state index in [-0.39, 0.29) is 0 Å². The Bertz CT molecular complexity index is 3810. The average Bonchev–Trinajstić information content (AvgIpc) is 3.88. The first-order valence-corrected chi connectivity index (χ1v) is 21.3. The van der Waals surface area contributed by atoms with Crippen LogP contribution in [0.25, 0.3) is 128 Å². The second-order valence-corrected chi connectivity index (χ2v) is 15.9. The summed E-state index contributed by atoms with van der Waals surface area (Å²) >= 11 is 0. The summed E-state index contributed by atoms with van der Waals surface area (Å²) < 4.78 is 9.42. The fraction of sp³-hybridized carbons (Fsp3) is 0.0172. The Balaban J connectivity index is 1.21. The van der Waals surface area contributed by atoms with Crippen molar-refractivity contribution < 1.29 is 4.42 Å². The predicted octanol–water partition coefficient (Wildman–Crippen LogP) is 15.5. The Morgan fingerprint density at radius 2 is 1.11 bits per heavy atom. The Kier molecular flexibility index (Phi) is 8.47. The van der Waals surface area contributed by atoms with Gasteiger partial charge in [0.15, 0.2) is 23.1 Å². The van der Waals surface area contributed by atoms with Gasteiger partial charge < -0.3 is 8.98 Å². The third kappa shape index (κ3) is 5.89. The van der Waals surface area contributed by atoms with Gasteiger partial charge in [-0.2, -0.15) is 0 Å². The van der Waals surface area contributed by atoms with Crippen molar-refractivity contribution in [2.45, 2.75) is 6.92 Å². The van der Waals surface area contributed by atoms with E-state index in [1.54, 1.807) is 0 Å². The lowest BCUT2D eigenvalue weighted by atomic mass is 10.0. The standard InChI is InChI=1S/C58H38N4O/c1-3-15-45-49-34-41-20-8-9-21-42(41)35-51(49)62(50(45)4-2)54-48(32-31-47-53-44-24-13-11-19-39(44)30-33-52(53)63-55(47)54)58-60-56(40-28-26-37(27-29-40)36-16-6-5-7-17-36)59-57(61-58)46-25-14-22-38-18-10-12-23-43(38)46/h3-35H,2H2,1H3/b15-3-. The molecule has 0 bridgehead atoms. The van der Waals surface area contributed by atoms with Crippen LogP contribution in [0.5, 0.6) is 0 Å². The summed E-state index contributed by atoms with van der Waals surface area (Å²) in [6.45, 7) is 6.49. The zero-order chi connectivity index (χ0) is 42.0. The highest BCUT2D eigenvalue weighted by Crippen LogP contribution is 2.45. The third-order valence-electron chi connectivity index (χ3n) is 12.3. The number of rotatable bonds is 7. The fourth-order valence-corrected chi connectivity index (χ4v) is 9.41. The summed E-state index contributed by atoms with van der Waals surface area (Å²) in [6, 6.07) is 63.7. The van der Waals surface area contributed by atoms with Crippen molar-refractivity contribution in [3.63, 3.8) is 0 Å². The van der Waals surface area contributed by atoms with Gasteiger partial charge in [-0.25, -0.2) is 15.0 Å². The first-order chi connectivity index (χ1) is 31.1. The van der Waals surface area contributed by atoms with E-state index in [2.05, 4.69) is 206 Å². The van der Waals surface area contributed by atoms with Gasteiger partial charge in [0.05, 0.1) is 11.2 Å². The summed E-state index contributed by atoms with van der Waals surface area (Å²) in [4.78, 5) is 16.1. The molecule has 0 saturated carbocycles. The van der Waals surface area contributed by atoms with Crippen LogP contribution in [0.4, 0.5) is 0 Å². The van der Waals surface area contributed by atoms with Crippen LogP contribution in [0.15, 0.2) is 199 Å². The first kappa shape index (κ1) is 36.4. The maximum atomic E-state index is 7.11. The van der Waals surface area contributed by atoms with Gasteiger partial charge in [0.2, 0.25) is 0 Å². The lowest BCUT2D eigenvalue weighted by Crippen LogP contribution is -2.05. The number of fused-ring (bicyclic) bond motifs is 8. The molecule has 0 spiro atoms. The van der Waals surface area contributed by atoms with Crippen LogP contribution < -0.4 is 0 Å². The number of benzene rings is 9. The van der Waals surface area contributed by atoms with Crippen LogP contribution in [0.2, 0.25) is 0 Å². The van der Waals surface area contributed by atoms with E-state index in [9.17, 15) is 0 Å². The summed E-state index contributed by atoms with van der Waals surface area (Å²) in [5.74, 6) is 1.69. The first-order valence-electron chi connectivity index (χ1n) is 21.3. The molecular weight excluding hydrogens is 769 g/mol. The minimum Gasteiger partial charge on any atom is -0.454 e. The van der Waals surface area contributed by atoms with Crippen LogP contribution in [0, 0.1) is 0 Å². The maximum Gasteiger partial charge on any atom is 0.166 e. The number of nitrogens with zero attached hydrogens (tertiary/aromatic N) is 4. The van der Waals surface area contributed by atoms with Crippen LogP contribution in [0.1, 0.15) is 18.2 Å². The second-order valence-electron chi connectivity index (χ2n) is 15.9. The van der Waals surface area contributed by atoms with Crippen molar-refractivity contribution in [2.75, 3.05) is 0 Å². The minimum absolute atomic E-state index is 0.530. The SMILES string of the molecule is C=Cc1c(/C=C\C)c2cc3ccccc3cc2n1-c1c(-c2nc(-c3ccc(-c4ccccc4)cc3)nc(-c3cccc4ccccc34)n2)ccc2c1oc1ccc3ccccc3c12. The van der Waals surface area contributed by atoms with Gasteiger partial charge in [0, 0.05) is 38.4 Å². The highest BCUT2D eigenvalue weighted by atomic mass is 16.3. The van der Waals surface area contributed by atoms with Crippen molar-refractivity contribution in [3.8, 4) is 51.0 Å². The molecule has 0 aliphatic heterocycles. The van der Waals surface area contributed by atoms with Gasteiger partial charge in [-0.05, 0) is 86.8 Å². The Labute approximate surface area is 363 Å². The maximum absolute atomic E-state index is 7.11. The molecule has 0 amide bonds. The van der Waals surface area contributed by atoms with E-state index in [1.165, 1.54) is 0 Å². The van der Waals surface area contributed by atoms with Crippen LogP contribution in [0.3, 0.4) is 0 Å². The summed E-state index contributed by atoms with van der Waals surface area (Å²) in [7, 11) is 0.